The molecule has 0 bridgehead atoms. The molecule has 0 amide bonds. The molecule has 1 rings (SSSR count). The molecule has 0 radical (unpaired) electrons. The number of benzene rings is 1. The fourth-order valence-corrected chi connectivity index (χ4v) is 1.92. The van der Waals surface area contributed by atoms with Crippen LogP contribution in [0.15, 0.2) is 22.7 Å². The smallest absolute Gasteiger partial charge is 0.119 e. The van der Waals surface area contributed by atoms with E-state index >= 15 is 0 Å². The molecular formula is C17H28BrNO2. The van der Waals surface area contributed by atoms with Gasteiger partial charge in [0, 0.05) is 16.6 Å². The first-order valence-corrected chi connectivity index (χ1v) is 8.19. The van der Waals surface area contributed by atoms with Crippen molar-refractivity contribution >= 4 is 15.9 Å². The molecule has 0 spiro atoms. The summed E-state index contributed by atoms with van der Waals surface area (Å²) in [6.45, 7) is 13.3. The summed E-state index contributed by atoms with van der Waals surface area (Å²) in [6, 6.07) is 5.92. The SMILES string of the molecule is CC(C)C(C)(O)COc1ccc(Br)c(CNC(C)(C)C)c1. The Bertz CT molecular complexity index is 464. The average molecular weight is 358 g/mol. The lowest BCUT2D eigenvalue weighted by molar-refractivity contribution is -0.0266. The van der Waals surface area contributed by atoms with Crippen LogP contribution in [0, 0.1) is 5.92 Å². The first kappa shape index (κ1) is 18.5. The molecule has 0 fully saturated rings. The minimum Gasteiger partial charge on any atom is -0.491 e. The quantitative estimate of drug-likeness (QED) is 0.804. The van der Waals surface area contributed by atoms with Crippen molar-refractivity contribution in [3.05, 3.63) is 28.2 Å². The lowest BCUT2D eigenvalue weighted by Gasteiger charge is -2.27. The van der Waals surface area contributed by atoms with Crippen molar-refractivity contribution in [3.8, 4) is 5.75 Å². The standard InChI is InChI=1S/C17H28BrNO2/c1-12(2)17(6,20)11-21-14-7-8-15(18)13(9-14)10-19-16(3,4)5/h7-9,12,19-20H,10-11H2,1-6H3. The van der Waals surface area contributed by atoms with Gasteiger partial charge in [0.05, 0.1) is 5.60 Å². The molecule has 0 saturated carbocycles. The molecule has 21 heavy (non-hydrogen) atoms. The van der Waals surface area contributed by atoms with E-state index in [4.69, 9.17) is 4.74 Å². The Kier molecular flexibility index (Phi) is 6.26. The molecule has 1 aromatic carbocycles. The molecule has 0 heterocycles. The van der Waals surface area contributed by atoms with Crippen LogP contribution < -0.4 is 10.1 Å². The summed E-state index contributed by atoms with van der Waals surface area (Å²) >= 11 is 3.57. The van der Waals surface area contributed by atoms with Crippen LogP contribution in [-0.2, 0) is 6.54 Å². The molecular weight excluding hydrogens is 330 g/mol. The molecule has 1 atom stereocenters. The van der Waals surface area contributed by atoms with Crippen molar-refractivity contribution in [1.82, 2.24) is 5.32 Å². The van der Waals surface area contributed by atoms with Gasteiger partial charge in [-0.15, -0.1) is 0 Å². The first-order valence-electron chi connectivity index (χ1n) is 7.40. The monoisotopic (exact) mass is 357 g/mol. The van der Waals surface area contributed by atoms with Crippen LogP contribution in [0.5, 0.6) is 5.75 Å². The molecule has 1 unspecified atom stereocenters. The second-order valence-electron chi connectivity index (χ2n) is 7.16. The number of hydrogen-bond donors (Lipinski definition) is 2. The van der Waals surface area contributed by atoms with Crippen molar-refractivity contribution in [1.29, 1.82) is 0 Å². The summed E-state index contributed by atoms with van der Waals surface area (Å²) in [4.78, 5) is 0. The lowest BCUT2D eigenvalue weighted by Crippen LogP contribution is -2.37. The third kappa shape index (κ3) is 6.37. The van der Waals surface area contributed by atoms with E-state index in [0.29, 0.717) is 6.61 Å². The zero-order valence-electron chi connectivity index (χ0n) is 14.0. The van der Waals surface area contributed by atoms with E-state index in [1.165, 1.54) is 0 Å². The molecule has 0 aliphatic rings. The van der Waals surface area contributed by atoms with Gasteiger partial charge in [0.15, 0.2) is 0 Å². The van der Waals surface area contributed by atoms with Crippen molar-refractivity contribution in [2.45, 2.75) is 59.2 Å². The summed E-state index contributed by atoms with van der Waals surface area (Å²) in [5.74, 6) is 0.930. The largest absolute Gasteiger partial charge is 0.491 e. The first-order chi connectivity index (χ1) is 9.51. The van der Waals surface area contributed by atoms with E-state index < -0.39 is 5.60 Å². The number of ether oxygens (including phenoxy) is 1. The molecule has 0 aliphatic heterocycles. The van der Waals surface area contributed by atoms with Crippen molar-refractivity contribution < 1.29 is 9.84 Å². The van der Waals surface area contributed by atoms with Crippen LogP contribution in [0.3, 0.4) is 0 Å². The van der Waals surface area contributed by atoms with Gasteiger partial charge in [-0.2, -0.15) is 0 Å². The molecule has 0 saturated heterocycles. The third-order valence-electron chi connectivity index (χ3n) is 3.60. The summed E-state index contributed by atoms with van der Waals surface area (Å²) in [6.07, 6.45) is 0. The highest BCUT2D eigenvalue weighted by molar-refractivity contribution is 9.10. The Morgan fingerprint density at radius 2 is 1.86 bits per heavy atom. The van der Waals surface area contributed by atoms with Gasteiger partial charge in [-0.3, -0.25) is 0 Å². The number of rotatable bonds is 6. The molecule has 1 aromatic rings. The van der Waals surface area contributed by atoms with E-state index in [1.54, 1.807) is 6.92 Å². The second-order valence-corrected chi connectivity index (χ2v) is 8.01. The summed E-state index contributed by atoms with van der Waals surface area (Å²) in [5, 5.41) is 13.7. The van der Waals surface area contributed by atoms with Gasteiger partial charge in [-0.05, 0) is 57.4 Å². The highest BCUT2D eigenvalue weighted by atomic mass is 79.9. The maximum absolute atomic E-state index is 10.2. The van der Waals surface area contributed by atoms with Crippen molar-refractivity contribution in [2.24, 2.45) is 5.92 Å². The topological polar surface area (TPSA) is 41.5 Å². The Hall–Kier alpha value is -0.580. The zero-order chi connectivity index (χ0) is 16.3. The maximum Gasteiger partial charge on any atom is 0.119 e. The predicted molar refractivity (Wildman–Crippen MR) is 91.7 cm³/mol. The Balaban J connectivity index is 2.73. The molecule has 0 aromatic heterocycles. The van der Waals surface area contributed by atoms with E-state index in [1.807, 2.05) is 32.0 Å². The number of aliphatic hydroxyl groups is 1. The summed E-state index contributed by atoms with van der Waals surface area (Å²) < 4.78 is 6.82. The minimum atomic E-state index is -0.823. The molecule has 3 nitrogen and oxygen atoms in total. The summed E-state index contributed by atoms with van der Waals surface area (Å²) in [7, 11) is 0. The van der Waals surface area contributed by atoms with Gasteiger partial charge in [0.2, 0.25) is 0 Å². The zero-order valence-corrected chi connectivity index (χ0v) is 15.5. The number of halogens is 1. The van der Waals surface area contributed by atoms with Crippen LogP contribution in [-0.4, -0.2) is 22.9 Å². The van der Waals surface area contributed by atoms with Gasteiger partial charge >= 0.3 is 0 Å². The highest BCUT2D eigenvalue weighted by Crippen LogP contribution is 2.25. The Morgan fingerprint density at radius 1 is 1.24 bits per heavy atom. The van der Waals surface area contributed by atoms with Gasteiger partial charge < -0.3 is 15.2 Å². The minimum absolute atomic E-state index is 0.0671. The van der Waals surface area contributed by atoms with Crippen LogP contribution in [0.4, 0.5) is 0 Å². The molecule has 4 heteroatoms. The van der Waals surface area contributed by atoms with Gasteiger partial charge in [-0.25, -0.2) is 0 Å². The third-order valence-corrected chi connectivity index (χ3v) is 4.37. The van der Waals surface area contributed by atoms with E-state index in [9.17, 15) is 5.11 Å². The number of nitrogens with one attached hydrogen (secondary N) is 1. The maximum atomic E-state index is 10.2. The van der Waals surface area contributed by atoms with E-state index in [0.717, 1.165) is 22.3 Å². The van der Waals surface area contributed by atoms with Crippen LogP contribution in [0.2, 0.25) is 0 Å². The van der Waals surface area contributed by atoms with Gasteiger partial charge in [0.25, 0.3) is 0 Å². The van der Waals surface area contributed by atoms with E-state index in [-0.39, 0.29) is 11.5 Å². The van der Waals surface area contributed by atoms with Gasteiger partial charge in [-0.1, -0.05) is 29.8 Å². The average Bonchev–Trinajstić information content (AvgIpc) is 2.35. The van der Waals surface area contributed by atoms with Crippen molar-refractivity contribution in [2.75, 3.05) is 6.61 Å². The fraction of sp³-hybridized carbons (Fsp3) is 0.647. The highest BCUT2D eigenvalue weighted by Gasteiger charge is 2.25. The molecule has 120 valence electrons. The second kappa shape index (κ2) is 7.12. The van der Waals surface area contributed by atoms with Crippen LogP contribution >= 0.6 is 15.9 Å². The Morgan fingerprint density at radius 3 is 2.38 bits per heavy atom. The summed E-state index contributed by atoms with van der Waals surface area (Å²) in [5.41, 5.74) is 0.390. The van der Waals surface area contributed by atoms with E-state index in [2.05, 4.69) is 42.0 Å². The van der Waals surface area contributed by atoms with Crippen LogP contribution in [0.25, 0.3) is 0 Å². The van der Waals surface area contributed by atoms with Crippen LogP contribution in [0.1, 0.15) is 47.1 Å². The molecule has 2 N–H and O–H groups in total. The lowest BCUT2D eigenvalue weighted by atomic mass is 9.94. The fourth-order valence-electron chi connectivity index (χ4n) is 1.53. The predicted octanol–water partition coefficient (Wildman–Crippen LogP) is 4.12. The van der Waals surface area contributed by atoms with Gasteiger partial charge in [0.1, 0.15) is 12.4 Å². The number of hydrogen-bond acceptors (Lipinski definition) is 3. The normalized spacial score (nSPS) is 15.1. The van der Waals surface area contributed by atoms with Crippen molar-refractivity contribution in [3.63, 3.8) is 0 Å². The molecule has 0 aliphatic carbocycles. The Labute approximate surface area is 137 Å².